The largest absolute Gasteiger partial charge is 0.493 e. The summed E-state index contributed by atoms with van der Waals surface area (Å²) in [6.07, 6.45) is 9.06. The minimum absolute atomic E-state index is 0.288. The first-order valence-corrected chi connectivity index (χ1v) is 11.1. The maximum atomic E-state index is 13.4. The van der Waals surface area contributed by atoms with Crippen LogP contribution in [-0.2, 0) is 6.54 Å². The highest BCUT2D eigenvalue weighted by molar-refractivity contribution is 6.06. The van der Waals surface area contributed by atoms with Crippen molar-refractivity contribution in [3.05, 3.63) is 79.0 Å². The third kappa shape index (κ3) is 3.77. The lowest BCUT2D eigenvalue weighted by Crippen LogP contribution is -2.16. The number of pyridine rings is 2. The second kappa shape index (κ2) is 8.43. The standard InChI is InChI=1S/C25H21N7O2/c33-25-19-14-17(18-7-9-23-26-10-12-31(23)15-18)6-8-21(19)34-13-2-1-11-32-16-27-30-24(32)20-4-3-5-22(28-20)29-25/h3-10,12,14-16H,1-2,11,13H2,(H,28,29,33). The van der Waals surface area contributed by atoms with E-state index in [1.54, 1.807) is 18.6 Å². The van der Waals surface area contributed by atoms with E-state index >= 15 is 0 Å². The van der Waals surface area contributed by atoms with Crippen LogP contribution >= 0.6 is 0 Å². The molecule has 1 aliphatic rings. The summed E-state index contributed by atoms with van der Waals surface area (Å²) in [5.74, 6) is 1.36. The van der Waals surface area contributed by atoms with E-state index in [0.717, 1.165) is 36.2 Å². The Morgan fingerprint density at radius 3 is 2.94 bits per heavy atom. The number of rotatable bonds is 1. The lowest BCUT2D eigenvalue weighted by molar-refractivity contribution is 0.102. The summed E-state index contributed by atoms with van der Waals surface area (Å²) in [6, 6.07) is 15.1. The molecule has 168 valence electrons. The van der Waals surface area contributed by atoms with Crippen LogP contribution in [0.3, 0.4) is 0 Å². The molecule has 0 saturated heterocycles. The third-order valence-electron chi connectivity index (χ3n) is 5.83. The second-order valence-corrected chi connectivity index (χ2v) is 8.09. The predicted molar refractivity (Wildman–Crippen MR) is 127 cm³/mol. The molecule has 1 amide bonds. The molecule has 4 aromatic heterocycles. The number of benzene rings is 1. The van der Waals surface area contributed by atoms with Crippen molar-refractivity contribution >= 4 is 17.4 Å². The van der Waals surface area contributed by atoms with Gasteiger partial charge in [-0.15, -0.1) is 10.2 Å². The van der Waals surface area contributed by atoms with Gasteiger partial charge in [-0.05, 0) is 60.4 Å². The molecule has 5 heterocycles. The van der Waals surface area contributed by atoms with Gasteiger partial charge < -0.3 is 19.0 Å². The number of aromatic nitrogens is 6. The highest BCUT2D eigenvalue weighted by Gasteiger charge is 2.17. The number of carbonyl (C=O) groups excluding carboxylic acids is 1. The van der Waals surface area contributed by atoms with Crippen molar-refractivity contribution in [2.75, 3.05) is 11.9 Å². The molecule has 9 heteroatoms. The average molecular weight is 451 g/mol. The van der Waals surface area contributed by atoms with Crippen LogP contribution in [0.5, 0.6) is 5.75 Å². The Labute approximate surface area is 195 Å². The van der Waals surface area contributed by atoms with Crippen molar-refractivity contribution in [2.24, 2.45) is 0 Å². The predicted octanol–water partition coefficient (Wildman–Crippen LogP) is 4.08. The number of anilines is 1. The van der Waals surface area contributed by atoms with Crippen LogP contribution in [0, 0.1) is 0 Å². The Morgan fingerprint density at radius 2 is 1.97 bits per heavy atom. The first kappa shape index (κ1) is 20.1. The molecule has 2 bridgehead atoms. The first-order chi connectivity index (χ1) is 16.7. The number of aryl methyl sites for hydroxylation is 1. The van der Waals surface area contributed by atoms with Gasteiger partial charge in [0, 0.05) is 25.1 Å². The quantitative estimate of drug-likeness (QED) is 0.412. The molecule has 1 N–H and O–H groups in total. The molecule has 0 saturated carbocycles. The number of imidazole rings is 1. The van der Waals surface area contributed by atoms with Gasteiger partial charge in [-0.1, -0.05) is 12.1 Å². The molecule has 5 aromatic rings. The SMILES string of the molecule is O=C1Nc2cccc(n2)-c2nncn2CCCCOc2ccc(-c3ccc4nccn4c3)cc21. The Hall–Kier alpha value is -4.53. The van der Waals surface area contributed by atoms with E-state index in [0.29, 0.717) is 35.3 Å². The number of nitrogens with zero attached hydrogens (tertiary/aromatic N) is 6. The van der Waals surface area contributed by atoms with Gasteiger partial charge in [0.05, 0.1) is 12.2 Å². The fourth-order valence-corrected chi connectivity index (χ4v) is 4.10. The molecule has 0 unspecified atom stereocenters. The van der Waals surface area contributed by atoms with Crippen molar-refractivity contribution in [3.8, 4) is 28.4 Å². The van der Waals surface area contributed by atoms with Gasteiger partial charge in [0.25, 0.3) is 5.91 Å². The van der Waals surface area contributed by atoms with Crippen LogP contribution < -0.4 is 10.1 Å². The maximum Gasteiger partial charge on any atom is 0.260 e. The molecule has 1 aliphatic heterocycles. The molecule has 0 radical (unpaired) electrons. The number of hydrogen-bond acceptors (Lipinski definition) is 6. The van der Waals surface area contributed by atoms with Crippen molar-refractivity contribution < 1.29 is 9.53 Å². The van der Waals surface area contributed by atoms with Gasteiger partial charge in [0.2, 0.25) is 0 Å². The van der Waals surface area contributed by atoms with Gasteiger partial charge >= 0.3 is 0 Å². The van der Waals surface area contributed by atoms with Crippen molar-refractivity contribution in [1.29, 1.82) is 0 Å². The summed E-state index contributed by atoms with van der Waals surface area (Å²) in [5.41, 5.74) is 3.86. The maximum absolute atomic E-state index is 13.4. The Balaban J connectivity index is 1.39. The Morgan fingerprint density at radius 1 is 1.03 bits per heavy atom. The summed E-state index contributed by atoms with van der Waals surface area (Å²) in [4.78, 5) is 22.2. The van der Waals surface area contributed by atoms with E-state index in [9.17, 15) is 4.79 Å². The molecule has 34 heavy (non-hydrogen) atoms. The van der Waals surface area contributed by atoms with Crippen LogP contribution in [0.15, 0.2) is 73.4 Å². The summed E-state index contributed by atoms with van der Waals surface area (Å²) in [7, 11) is 0. The molecule has 0 aliphatic carbocycles. The molecule has 1 aromatic carbocycles. The van der Waals surface area contributed by atoms with E-state index in [-0.39, 0.29) is 5.91 Å². The number of ether oxygens (including phenoxy) is 1. The fourth-order valence-electron chi connectivity index (χ4n) is 4.10. The molecule has 0 atom stereocenters. The monoisotopic (exact) mass is 451 g/mol. The fraction of sp³-hybridized carbons (Fsp3) is 0.160. The lowest BCUT2D eigenvalue weighted by atomic mass is 10.0. The highest BCUT2D eigenvalue weighted by atomic mass is 16.5. The van der Waals surface area contributed by atoms with Crippen LogP contribution in [-0.4, -0.2) is 41.6 Å². The summed E-state index contributed by atoms with van der Waals surface area (Å²) in [6.45, 7) is 1.26. The minimum atomic E-state index is -0.288. The minimum Gasteiger partial charge on any atom is -0.493 e. The third-order valence-corrected chi connectivity index (χ3v) is 5.83. The first-order valence-electron chi connectivity index (χ1n) is 11.1. The van der Waals surface area contributed by atoms with E-state index < -0.39 is 0 Å². The normalized spacial score (nSPS) is 13.9. The lowest BCUT2D eigenvalue weighted by Gasteiger charge is -2.15. The van der Waals surface area contributed by atoms with E-state index in [4.69, 9.17) is 4.74 Å². The van der Waals surface area contributed by atoms with Crippen LogP contribution in [0.2, 0.25) is 0 Å². The number of carbonyl (C=O) groups is 1. The zero-order valence-electron chi connectivity index (χ0n) is 18.3. The second-order valence-electron chi connectivity index (χ2n) is 8.09. The Kier molecular flexibility index (Phi) is 4.99. The summed E-state index contributed by atoms with van der Waals surface area (Å²) < 4.78 is 9.96. The zero-order chi connectivity index (χ0) is 22.9. The van der Waals surface area contributed by atoms with Gasteiger partial charge in [-0.25, -0.2) is 9.97 Å². The number of nitrogens with one attached hydrogen (secondary N) is 1. The molecule has 0 spiro atoms. The zero-order valence-corrected chi connectivity index (χ0v) is 18.3. The molecule has 6 rings (SSSR count). The number of amides is 1. The van der Waals surface area contributed by atoms with Crippen molar-refractivity contribution in [3.63, 3.8) is 0 Å². The smallest absolute Gasteiger partial charge is 0.260 e. The molecular formula is C25H21N7O2. The van der Waals surface area contributed by atoms with E-state index in [2.05, 4.69) is 25.5 Å². The Bertz CT molecular complexity index is 1500. The van der Waals surface area contributed by atoms with Gasteiger partial charge in [-0.2, -0.15) is 0 Å². The van der Waals surface area contributed by atoms with Gasteiger partial charge in [0.15, 0.2) is 5.82 Å². The van der Waals surface area contributed by atoms with Crippen LogP contribution in [0.1, 0.15) is 23.2 Å². The average Bonchev–Trinajstić information content (AvgIpc) is 3.52. The van der Waals surface area contributed by atoms with Gasteiger partial charge in [-0.3, -0.25) is 4.79 Å². The molecular weight excluding hydrogens is 430 g/mol. The highest BCUT2D eigenvalue weighted by Crippen LogP contribution is 2.29. The molecule has 0 fully saturated rings. The topological polar surface area (TPSA) is 99.2 Å². The number of fused-ring (bicyclic) bond motifs is 6. The van der Waals surface area contributed by atoms with Crippen LogP contribution in [0.4, 0.5) is 5.82 Å². The summed E-state index contributed by atoms with van der Waals surface area (Å²) in [5, 5.41) is 11.2. The molecule has 9 nitrogen and oxygen atoms in total. The van der Waals surface area contributed by atoms with E-state index in [1.165, 1.54) is 0 Å². The van der Waals surface area contributed by atoms with Crippen molar-refractivity contribution in [2.45, 2.75) is 19.4 Å². The number of hydrogen-bond donors (Lipinski definition) is 1. The summed E-state index contributed by atoms with van der Waals surface area (Å²) >= 11 is 0. The van der Waals surface area contributed by atoms with Gasteiger partial charge in [0.1, 0.15) is 29.2 Å². The van der Waals surface area contributed by atoms with Crippen molar-refractivity contribution in [1.82, 2.24) is 29.1 Å². The van der Waals surface area contributed by atoms with Crippen LogP contribution in [0.25, 0.3) is 28.3 Å². The van der Waals surface area contributed by atoms with E-state index in [1.807, 2.05) is 63.8 Å².